The van der Waals surface area contributed by atoms with Gasteiger partial charge in [0.1, 0.15) is 5.78 Å². The molecule has 0 bridgehead atoms. The van der Waals surface area contributed by atoms with Crippen molar-refractivity contribution in [2.24, 2.45) is 0 Å². The number of carbonyl (C=O) groups is 3. The molecule has 0 aliphatic carbocycles. The molecule has 0 spiro atoms. The number of carboxylic acids is 2. The van der Waals surface area contributed by atoms with E-state index in [0.717, 1.165) is 0 Å². The summed E-state index contributed by atoms with van der Waals surface area (Å²) in [6.07, 6.45) is 0. The number of β-amino-alcohol motifs (C(OH)–C–C–N with tert-alkyl or cyclic N) is 1. The van der Waals surface area contributed by atoms with Crippen LogP contribution in [-0.2, 0) is 14.4 Å². The minimum Gasteiger partial charge on any atom is -0.480 e. The van der Waals surface area contributed by atoms with Crippen LogP contribution in [0.15, 0.2) is 0 Å². The Bertz CT molecular complexity index is 458. The number of nitrogens with zero attached hydrogens (tertiary/aromatic N) is 4. The summed E-state index contributed by atoms with van der Waals surface area (Å²) in [6, 6.07) is 0. The molecule has 10 nitrogen and oxygen atoms in total. The molecule has 0 aromatic rings. The average molecular weight is 388 g/mol. The third kappa shape index (κ3) is 11.0. The van der Waals surface area contributed by atoms with Crippen LogP contribution in [0, 0.1) is 0 Å². The first-order valence-corrected chi connectivity index (χ1v) is 9.23. The van der Waals surface area contributed by atoms with E-state index < -0.39 is 11.9 Å². The van der Waals surface area contributed by atoms with Crippen molar-refractivity contribution >= 4 is 17.7 Å². The quantitative estimate of drug-likeness (QED) is 0.428. The average Bonchev–Trinajstić information content (AvgIpc) is 2.56. The Morgan fingerprint density at radius 2 is 1.00 bits per heavy atom. The summed E-state index contributed by atoms with van der Waals surface area (Å²) in [7, 11) is 0. The van der Waals surface area contributed by atoms with E-state index in [1.807, 2.05) is 4.90 Å². The summed E-state index contributed by atoms with van der Waals surface area (Å²) >= 11 is 0. The molecule has 3 N–H and O–H groups in total. The lowest BCUT2D eigenvalue weighted by molar-refractivity contribution is -0.140. The number of aliphatic hydroxyl groups is 1. The Hall–Kier alpha value is -1.59. The fraction of sp³-hybridized carbons (Fsp3) is 0.824. The first-order valence-electron chi connectivity index (χ1n) is 9.23. The third-order valence-electron chi connectivity index (χ3n) is 4.51. The molecule has 156 valence electrons. The summed E-state index contributed by atoms with van der Waals surface area (Å²) < 4.78 is 0. The number of hydrogen-bond acceptors (Lipinski definition) is 8. The summed E-state index contributed by atoms with van der Waals surface area (Å²) in [5.41, 5.74) is 0. The zero-order valence-electron chi connectivity index (χ0n) is 16.0. The summed E-state index contributed by atoms with van der Waals surface area (Å²) in [4.78, 5) is 41.4. The number of ketones is 1. The highest BCUT2D eigenvalue weighted by Crippen LogP contribution is 2.01. The van der Waals surface area contributed by atoms with Gasteiger partial charge in [-0.2, -0.15) is 0 Å². The summed E-state index contributed by atoms with van der Waals surface area (Å²) in [6.45, 7) is 6.41. The number of aliphatic hydroxyl groups excluding tert-OH is 1. The topological polar surface area (TPSA) is 125 Å². The molecule has 0 aromatic carbocycles. The normalized spacial score (nSPS) is 19.9. The van der Waals surface area contributed by atoms with Crippen LogP contribution in [0.5, 0.6) is 0 Å². The molecular formula is C17H32N4O6. The van der Waals surface area contributed by atoms with Crippen molar-refractivity contribution in [3.63, 3.8) is 0 Å². The molecule has 0 radical (unpaired) electrons. The van der Waals surface area contributed by atoms with E-state index in [9.17, 15) is 19.5 Å². The van der Waals surface area contributed by atoms with E-state index in [1.54, 1.807) is 9.80 Å². The van der Waals surface area contributed by atoms with Crippen LogP contribution >= 0.6 is 0 Å². The fourth-order valence-electron chi connectivity index (χ4n) is 3.12. The second kappa shape index (κ2) is 12.7. The maximum absolute atomic E-state index is 11.5. The van der Waals surface area contributed by atoms with Gasteiger partial charge in [-0.25, -0.2) is 0 Å². The first-order chi connectivity index (χ1) is 12.8. The molecule has 0 unspecified atom stereocenters. The lowest BCUT2D eigenvalue weighted by Gasteiger charge is -2.33. The van der Waals surface area contributed by atoms with Crippen LogP contribution in [-0.4, -0.2) is 138 Å². The largest absolute Gasteiger partial charge is 0.480 e. The van der Waals surface area contributed by atoms with Crippen LogP contribution in [0.2, 0.25) is 0 Å². The Balaban J connectivity index is 2.85. The predicted molar refractivity (Wildman–Crippen MR) is 98.8 cm³/mol. The van der Waals surface area contributed by atoms with Gasteiger partial charge in [-0.1, -0.05) is 0 Å². The van der Waals surface area contributed by atoms with Crippen molar-refractivity contribution in [3.05, 3.63) is 0 Å². The maximum Gasteiger partial charge on any atom is 0.317 e. The lowest BCUT2D eigenvalue weighted by Crippen LogP contribution is -2.48. The Morgan fingerprint density at radius 1 is 0.667 bits per heavy atom. The van der Waals surface area contributed by atoms with E-state index in [4.69, 9.17) is 10.2 Å². The van der Waals surface area contributed by atoms with E-state index in [-0.39, 0.29) is 25.5 Å². The van der Waals surface area contributed by atoms with Gasteiger partial charge in [0.25, 0.3) is 0 Å². The van der Waals surface area contributed by atoms with Crippen molar-refractivity contribution in [3.8, 4) is 0 Å². The number of carbonyl (C=O) groups excluding carboxylic acids is 1. The molecule has 0 saturated carbocycles. The molecule has 0 aromatic heterocycles. The smallest absolute Gasteiger partial charge is 0.317 e. The molecule has 1 saturated heterocycles. The maximum atomic E-state index is 11.5. The molecule has 1 aliphatic heterocycles. The number of rotatable bonds is 8. The third-order valence-corrected chi connectivity index (χ3v) is 4.51. The number of hydrogen-bond donors (Lipinski definition) is 3. The zero-order chi connectivity index (χ0) is 20.2. The number of Topliss-reactive ketones (excluding diaryl/α,β-unsaturated/α-hetero) is 1. The molecule has 1 aliphatic rings. The highest BCUT2D eigenvalue weighted by atomic mass is 16.4. The van der Waals surface area contributed by atoms with Crippen LogP contribution in [0.1, 0.15) is 6.92 Å². The minimum atomic E-state index is -0.931. The monoisotopic (exact) mass is 388 g/mol. The molecule has 1 fully saturated rings. The van der Waals surface area contributed by atoms with Crippen molar-refractivity contribution in [2.45, 2.75) is 6.92 Å². The van der Waals surface area contributed by atoms with Crippen LogP contribution in [0.3, 0.4) is 0 Å². The summed E-state index contributed by atoms with van der Waals surface area (Å²) in [5, 5.41) is 27.5. The molecule has 10 heteroatoms. The second-order valence-electron chi connectivity index (χ2n) is 6.88. The molecule has 1 rings (SSSR count). The SMILES string of the molecule is CC(=O)CN1CCN(CCO)CCN(CC(=O)O)CCN(CC(=O)O)CC1. The van der Waals surface area contributed by atoms with Gasteiger partial charge in [-0.3, -0.25) is 34.0 Å². The van der Waals surface area contributed by atoms with Crippen molar-refractivity contribution in [2.75, 3.05) is 85.1 Å². The van der Waals surface area contributed by atoms with Crippen LogP contribution < -0.4 is 0 Å². The molecule has 0 amide bonds. The van der Waals surface area contributed by atoms with E-state index >= 15 is 0 Å². The molecule has 0 atom stereocenters. The zero-order valence-corrected chi connectivity index (χ0v) is 16.0. The lowest BCUT2D eigenvalue weighted by atomic mass is 10.3. The Labute approximate surface area is 159 Å². The van der Waals surface area contributed by atoms with Gasteiger partial charge in [-0.05, 0) is 6.92 Å². The fourth-order valence-corrected chi connectivity index (χ4v) is 3.12. The predicted octanol–water partition coefficient (Wildman–Crippen LogP) is -2.04. The van der Waals surface area contributed by atoms with Crippen LogP contribution in [0.4, 0.5) is 0 Å². The highest BCUT2D eigenvalue weighted by Gasteiger charge is 2.19. The summed E-state index contributed by atoms with van der Waals surface area (Å²) in [5.74, 6) is -1.81. The van der Waals surface area contributed by atoms with Gasteiger partial charge in [0.2, 0.25) is 0 Å². The Morgan fingerprint density at radius 3 is 1.30 bits per heavy atom. The number of aliphatic carboxylic acids is 2. The first kappa shape index (κ1) is 23.4. The van der Waals surface area contributed by atoms with E-state index in [2.05, 4.69) is 4.90 Å². The molecular weight excluding hydrogens is 356 g/mol. The minimum absolute atomic E-state index is 0.0119. The van der Waals surface area contributed by atoms with Gasteiger partial charge >= 0.3 is 11.9 Å². The standard InChI is InChI=1S/C17H32N4O6/c1-15(23)12-19-4-2-18(10-11-22)3-5-20(13-16(24)25)8-9-21(7-6-19)14-17(26)27/h22H,2-14H2,1H3,(H,24,25)(H,26,27). The van der Waals surface area contributed by atoms with E-state index in [1.165, 1.54) is 6.92 Å². The van der Waals surface area contributed by atoms with Gasteiger partial charge in [0.05, 0.1) is 26.2 Å². The second-order valence-corrected chi connectivity index (χ2v) is 6.88. The molecule has 27 heavy (non-hydrogen) atoms. The molecule has 1 heterocycles. The highest BCUT2D eigenvalue weighted by molar-refractivity contribution is 5.77. The van der Waals surface area contributed by atoms with Crippen molar-refractivity contribution in [1.29, 1.82) is 0 Å². The van der Waals surface area contributed by atoms with Crippen LogP contribution in [0.25, 0.3) is 0 Å². The van der Waals surface area contributed by atoms with Crippen molar-refractivity contribution < 1.29 is 29.7 Å². The number of carboxylic acid groups (broad SMARTS) is 2. The van der Waals surface area contributed by atoms with Gasteiger partial charge in [0.15, 0.2) is 0 Å². The van der Waals surface area contributed by atoms with Gasteiger partial charge in [0, 0.05) is 58.9 Å². The Kier molecular flexibility index (Phi) is 11.1. The van der Waals surface area contributed by atoms with Gasteiger partial charge < -0.3 is 15.3 Å². The van der Waals surface area contributed by atoms with Gasteiger partial charge in [-0.15, -0.1) is 0 Å². The van der Waals surface area contributed by atoms with Crippen molar-refractivity contribution in [1.82, 2.24) is 19.6 Å². The van der Waals surface area contributed by atoms with E-state index in [0.29, 0.717) is 65.4 Å².